The molecule has 2 heterocycles. The smallest absolute Gasteiger partial charge is 0.411 e. The quantitative estimate of drug-likeness (QED) is 0.0703. The van der Waals surface area contributed by atoms with E-state index in [2.05, 4.69) is 27.2 Å². The number of hydrogen-bond donors (Lipinski definition) is 3. The number of aromatic nitrogens is 2. The minimum Gasteiger partial charge on any atom is -0.447 e. The van der Waals surface area contributed by atoms with Crippen molar-refractivity contribution in [1.29, 1.82) is 5.41 Å². The third kappa shape index (κ3) is 7.95. The Morgan fingerprint density at radius 1 is 1.16 bits per heavy atom. The van der Waals surface area contributed by atoms with E-state index < -0.39 is 85.3 Å². The summed E-state index contributed by atoms with van der Waals surface area (Å²) in [6.07, 6.45) is -8.30. The molecule has 12 nitrogen and oxygen atoms in total. The van der Waals surface area contributed by atoms with E-state index in [4.69, 9.17) is 21.7 Å². The van der Waals surface area contributed by atoms with Gasteiger partial charge in [0.2, 0.25) is 0 Å². The zero-order chi connectivity index (χ0) is 40.6. The molecule has 1 saturated heterocycles. The molecular formula is C34H34ClF8N9O3. The van der Waals surface area contributed by atoms with Gasteiger partial charge in [-0.15, -0.1) is 0 Å². The van der Waals surface area contributed by atoms with E-state index in [1.54, 1.807) is 19.2 Å². The lowest BCUT2D eigenvalue weighted by molar-refractivity contribution is -0.164. The topological polar surface area (TPSA) is 140 Å². The molecule has 2 aromatic carbocycles. The highest BCUT2D eigenvalue weighted by molar-refractivity contribution is 6.34. The molecule has 2 fully saturated rings. The maximum absolute atomic E-state index is 16.2. The van der Waals surface area contributed by atoms with Crippen molar-refractivity contribution in [3.63, 3.8) is 0 Å². The van der Waals surface area contributed by atoms with Crippen LogP contribution < -0.4 is 15.6 Å². The van der Waals surface area contributed by atoms with Gasteiger partial charge in [-0.1, -0.05) is 43.6 Å². The number of hydrogen-bond acceptors (Lipinski definition) is 7. The second-order valence-corrected chi connectivity index (χ2v) is 13.6. The zero-order valence-electron chi connectivity index (χ0n) is 29.3. The first kappa shape index (κ1) is 40.9. The molecule has 0 bridgehead atoms. The standard InChI is InChI=1S/C34H34ClF8N9O3/c1-17(2)13-33(21-7-5-18(11-23(21)36)20-14-47-50(15-20)29(39)40)28(53)51(30(44)48-33)25(16-55-31(54)49-32(9-10-32)34(41,42)43)19-6-8-22(35)24(12-19)52(46-4)27(45-3)26(37)38/h5-8,11-12,14-15,17,25-26,29H,4,9-10,13,16H2,1-3H3,(H2,44,48)(H,49,54)/b45-27-/t25-,33-/m1/s1. The van der Waals surface area contributed by atoms with E-state index in [-0.39, 0.29) is 45.3 Å². The van der Waals surface area contributed by atoms with Crippen LogP contribution >= 0.6 is 11.6 Å². The van der Waals surface area contributed by atoms with Crippen LogP contribution in [0.25, 0.3) is 11.1 Å². The minimum absolute atomic E-state index is 0.0327. The summed E-state index contributed by atoms with van der Waals surface area (Å²) in [7, 11) is 1.06. The van der Waals surface area contributed by atoms with E-state index in [9.17, 15) is 40.3 Å². The monoisotopic (exact) mass is 803 g/mol. The summed E-state index contributed by atoms with van der Waals surface area (Å²) in [6, 6.07) is 5.71. The van der Waals surface area contributed by atoms with E-state index in [1.807, 2.05) is 0 Å². The van der Waals surface area contributed by atoms with Crippen LogP contribution in [0.2, 0.25) is 5.02 Å². The molecule has 55 heavy (non-hydrogen) atoms. The lowest BCUT2D eigenvalue weighted by Gasteiger charge is -2.32. The summed E-state index contributed by atoms with van der Waals surface area (Å²) in [5, 5.41) is 21.1. The number of amidine groups is 1. The fourth-order valence-corrected chi connectivity index (χ4v) is 6.56. The number of nitrogens with zero attached hydrogens (tertiary/aromatic N) is 6. The maximum Gasteiger partial charge on any atom is 0.411 e. The highest BCUT2D eigenvalue weighted by atomic mass is 35.5. The van der Waals surface area contributed by atoms with Crippen LogP contribution in [0.3, 0.4) is 0 Å². The highest BCUT2D eigenvalue weighted by Crippen LogP contribution is 2.49. The Hall–Kier alpha value is -5.27. The average Bonchev–Trinajstić information content (AvgIpc) is 3.64. The number of guanidine groups is 1. The molecule has 2 aliphatic rings. The van der Waals surface area contributed by atoms with Crippen molar-refractivity contribution in [1.82, 2.24) is 25.3 Å². The summed E-state index contributed by atoms with van der Waals surface area (Å²) >= 11 is 6.37. The van der Waals surface area contributed by atoms with Crippen molar-refractivity contribution < 1.29 is 49.4 Å². The first-order chi connectivity index (χ1) is 25.8. The number of nitrogens with one attached hydrogen (secondary N) is 3. The van der Waals surface area contributed by atoms with Gasteiger partial charge < -0.3 is 15.4 Å². The molecule has 296 valence electrons. The Balaban J connectivity index is 1.58. The molecule has 0 radical (unpaired) electrons. The summed E-state index contributed by atoms with van der Waals surface area (Å²) in [4.78, 5) is 31.9. The van der Waals surface area contributed by atoms with Gasteiger partial charge in [-0.2, -0.15) is 32.2 Å². The van der Waals surface area contributed by atoms with E-state index in [1.165, 1.54) is 24.3 Å². The molecule has 0 spiro atoms. The molecule has 2 amide bonds. The van der Waals surface area contributed by atoms with Gasteiger partial charge in [0, 0.05) is 31.1 Å². The van der Waals surface area contributed by atoms with Gasteiger partial charge >= 0.3 is 18.8 Å². The van der Waals surface area contributed by atoms with E-state index in [0.29, 0.717) is 9.69 Å². The molecule has 0 unspecified atom stereocenters. The number of anilines is 1. The van der Waals surface area contributed by atoms with Crippen LogP contribution in [-0.4, -0.2) is 77.0 Å². The van der Waals surface area contributed by atoms with Crippen LogP contribution in [0.15, 0.2) is 58.9 Å². The molecule has 21 heteroatoms. The Bertz CT molecular complexity index is 2000. The van der Waals surface area contributed by atoms with Crippen molar-refractivity contribution >= 4 is 47.8 Å². The van der Waals surface area contributed by atoms with Crippen molar-refractivity contribution in [3.05, 3.63) is 70.8 Å². The van der Waals surface area contributed by atoms with Gasteiger partial charge in [0.25, 0.3) is 12.3 Å². The van der Waals surface area contributed by atoms with E-state index in [0.717, 1.165) is 36.5 Å². The average molecular weight is 804 g/mol. The SMILES string of the molecule is C=NN(/C(=N\C)C(F)F)c1cc([C@@H](COC(=O)NC2(C(F)(F)F)CC2)N2C(=N)N[C@](CC(C)C)(c3ccc(-c4cnn(C(F)F)c4)cc3F)C2=O)ccc1Cl. The second kappa shape index (κ2) is 15.5. The van der Waals surface area contributed by atoms with Gasteiger partial charge in [-0.25, -0.2) is 27.7 Å². The lowest BCUT2D eigenvalue weighted by atomic mass is 9.81. The number of ether oxygens (including phenoxy) is 1. The number of rotatable bonds is 13. The molecule has 1 saturated carbocycles. The Kier molecular flexibility index (Phi) is 11.5. The van der Waals surface area contributed by atoms with E-state index >= 15 is 4.39 Å². The van der Waals surface area contributed by atoms with Gasteiger partial charge in [0.05, 0.1) is 22.9 Å². The number of alkyl carbamates (subject to hydrolysis) is 1. The number of carbonyl (C=O) groups is 2. The third-order valence-corrected chi connectivity index (χ3v) is 9.44. The van der Waals surface area contributed by atoms with Crippen molar-refractivity contribution in [2.24, 2.45) is 16.0 Å². The molecule has 1 aliphatic carbocycles. The molecule has 3 aromatic rings. The molecule has 1 aromatic heterocycles. The predicted molar refractivity (Wildman–Crippen MR) is 186 cm³/mol. The number of amides is 2. The van der Waals surface area contributed by atoms with Crippen LogP contribution in [0.4, 0.5) is 45.6 Å². The summed E-state index contributed by atoms with van der Waals surface area (Å²) in [6.45, 7) is 2.88. The lowest BCUT2D eigenvalue weighted by Crippen LogP contribution is -2.49. The van der Waals surface area contributed by atoms with Crippen LogP contribution in [0.1, 0.15) is 56.8 Å². The number of alkyl halides is 7. The molecule has 2 atom stereocenters. The fraction of sp³-hybridized carbons (Fsp3) is 0.412. The van der Waals surface area contributed by atoms with Gasteiger partial charge in [0.15, 0.2) is 11.8 Å². The molecule has 5 rings (SSSR count). The predicted octanol–water partition coefficient (Wildman–Crippen LogP) is 7.62. The molecular weight excluding hydrogens is 770 g/mol. The Morgan fingerprint density at radius 3 is 2.38 bits per heavy atom. The normalized spacial score (nSPS) is 18.9. The van der Waals surface area contributed by atoms with Gasteiger partial charge in [-0.05, 0) is 54.5 Å². The number of benzene rings is 2. The van der Waals surface area contributed by atoms with Crippen molar-refractivity contribution in [2.45, 2.75) is 69.4 Å². The number of carbonyl (C=O) groups excluding carboxylic acids is 2. The van der Waals surface area contributed by atoms with Crippen LogP contribution in [-0.2, 0) is 15.1 Å². The van der Waals surface area contributed by atoms with Gasteiger partial charge in [0.1, 0.15) is 23.5 Å². The zero-order valence-corrected chi connectivity index (χ0v) is 30.0. The minimum atomic E-state index is -4.79. The summed E-state index contributed by atoms with van der Waals surface area (Å²) in [5.74, 6) is -3.79. The Labute approximate surface area is 313 Å². The largest absolute Gasteiger partial charge is 0.447 e. The molecule has 3 N–H and O–H groups in total. The van der Waals surface area contributed by atoms with Crippen LogP contribution in [0, 0.1) is 17.1 Å². The van der Waals surface area contributed by atoms with Gasteiger partial charge in [-0.3, -0.25) is 20.1 Å². The first-order valence-electron chi connectivity index (χ1n) is 16.4. The number of hydrazone groups is 1. The maximum atomic E-state index is 16.2. The number of aliphatic imine (C=N–C) groups is 1. The van der Waals surface area contributed by atoms with Crippen LogP contribution in [0.5, 0.6) is 0 Å². The Morgan fingerprint density at radius 2 is 1.85 bits per heavy atom. The highest BCUT2D eigenvalue weighted by Gasteiger charge is 2.64. The second-order valence-electron chi connectivity index (χ2n) is 13.2. The summed E-state index contributed by atoms with van der Waals surface area (Å²) in [5.41, 5.74) is -4.76. The van der Waals surface area contributed by atoms with Crippen molar-refractivity contribution in [2.75, 3.05) is 18.7 Å². The van der Waals surface area contributed by atoms with Crippen molar-refractivity contribution in [3.8, 4) is 11.1 Å². The number of halogens is 9. The molecule has 1 aliphatic heterocycles. The fourth-order valence-electron chi connectivity index (χ4n) is 6.36. The third-order valence-electron chi connectivity index (χ3n) is 9.12. The summed E-state index contributed by atoms with van der Waals surface area (Å²) < 4.78 is 117. The first-order valence-corrected chi connectivity index (χ1v) is 16.8.